The smallest absolute Gasteiger partial charge is 0.266 e. The Morgan fingerprint density at radius 1 is 0.931 bits per heavy atom. The Balaban J connectivity index is 1.95. The summed E-state index contributed by atoms with van der Waals surface area (Å²) < 4.78 is 11.2. The quantitative estimate of drug-likeness (QED) is 0.307. The molecule has 152 valence electrons. The molecule has 0 radical (unpaired) electrons. The Labute approximate surface area is 173 Å². The molecule has 0 aliphatic rings. The van der Waals surface area contributed by atoms with Gasteiger partial charge < -0.3 is 14.8 Å². The Morgan fingerprint density at radius 3 is 2.14 bits per heavy atom. The van der Waals surface area contributed by atoms with E-state index in [4.69, 9.17) is 9.47 Å². The largest absolute Gasteiger partial charge is 0.494 e. The van der Waals surface area contributed by atoms with Gasteiger partial charge in [0.15, 0.2) is 0 Å². The van der Waals surface area contributed by atoms with Crippen LogP contribution in [-0.2, 0) is 4.79 Å². The molecule has 5 nitrogen and oxygen atoms in total. The summed E-state index contributed by atoms with van der Waals surface area (Å²) in [4.78, 5) is 12.4. The van der Waals surface area contributed by atoms with Crippen molar-refractivity contribution in [2.75, 3.05) is 18.5 Å². The molecule has 1 N–H and O–H groups in total. The highest BCUT2D eigenvalue weighted by Crippen LogP contribution is 2.18. The van der Waals surface area contributed by atoms with Crippen molar-refractivity contribution in [2.24, 2.45) is 0 Å². The monoisotopic (exact) mass is 392 g/mol. The van der Waals surface area contributed by atoms with E-state index in [1.165, 1.54) is 0 Å². The summed E-state index contributed by atoms with van der Waals surface area (Å²) in [6, 6.07) is 16.4. The van der Waals surface area contributed by atoms with Crippen LogP contribution in [0.5, 0.6) is 11.5 Å². The third-order valence-electron chi connectivity index (χ3n) is 4.16. The first-order chi connectivity index (χ1) is 14.2. The molecule has 2 rings (SSSR count). The number of carbonyl (C=O) groups is 1. The standard InChI is InChI=1S/C24H28N2O3/c1-3-5-6-16-29-23-13-9-21(10-14-23)26-24(27)20(18-25)17-19-7-11-22(12-8-19)28-15-4-2/h7-14,17H,3-6,15-16H2,1-2H3,(H,26,27)/b20-17+. The minimum Gasteiger partial charge on any atom is -0.494 e. The van der Waals surface area contributed by atoms with E-state index < -0.39 is 5.91 Å². The number of hydrogen-bond acceptors (Lipinski definition) is 4. The molecular weight excluding hydrogens is 364 g/mol. The summed E-state index contributed by atoms with van der Waals surface area (Å²) in [5.41, 5.74) is 1.41. The van der Waals surface area contributed by atoms with Crippen LogP contribution in [0.3, 0.4) is 0 Å². The molecule has 0 saturated heterocycles. The Morgan fingerprint density at radius 2 is 1.55 bits per heavy atom. The van der Waals surface area contributed by atoms with Crippen LogP contribution in [0.25, 0.3) is 6.08 Å². The third kappa shape index (κ3) is 7.71. The zero-order chi connectivity index (χ0) is 20.9. The fraction of sp³-hybridized carbons (Fsp3) is 0.333. The van der Waals surface area contributed by atoms with Gasteiger partial charge >= 0.3 is 0 Å². The molecule has 29 heavy (non-hydrogen) atoms. The first kappa shape index (κ1) is 22.0. The molecule has 2 aromatic rings. The first-order valence-electron chi connectivity index (χ1n) is 10.0. The average molecular weight is 392 g/mol. The van der Waals surface area contributed by atoms with Crippen LogP contribution in [0.15, 0.2) is 54.1 Å². The van der Waals surface area contributed by atoms with E-state index in [0.717, 1.165) is 42.7 Å². The van der Waals surface area contributed by atoms with Crippen molar-refractivity contribution in [1.29, 1.82) is 5.26 Å². The molecule has 0 heterocycles. The Kier molecular flexibility index (Phi) is 9.31. The zero-order valence-corrected chi connectivity index (χ0v) is 17.1. The second-order valence-corrected chi connectivity index (χ2v) is 6.62. The number of carbonyl (C=O) groups excluding carboxylic acids is 1. The van der Waals surface area contributed by atoms with Gasteiger partial charge in [-0.2, -0.15) is 5.26 Å². The molecule has 2 aromatic carbocycles. The summed E-state index contributed by atoms with van der Waals surface area (Å²) in [6.07, 6.45) is 5.82. The molecule has 5 heteroatoms. The van der Waals surface area contributed by atoms with E-state index in [2.05, 4.69) is 12.2 Å². The molecule has 0 bridgehead atoms. The fourth-order valence-corrected chi connectivity index (χ4v) is 2.57. The van der Waals surface area contributed by atoms with E-state index in [9.17, 15) is 10.1 Å². The number of rotatable bonds is 11. The molecule has 0 atom stereocenters. The maximum absolute atomic E-state index is 12.4. The topological polar surface area (TPSA) is 71.3 Å². The Hall–Kier alpha value is -3.26. The summed E-state index contributed by atoms with van der Waals surface area (Å²) >= 11 is 0. The number of anilines is 1. The van der Waals surface area contributed by atoms with Crippen LogP contribution in [0.1, 0.15) is 45.1 Å². The maximum Gasteiger partial charge on any atom is 0.266 e. The highest BCUT2D eigenvalue weighted by Gasteiger charge is 2.10. The molecule has 0 unspecified atom stereocenters. The van der Waals surface area contributed by atoms with Crippen molar-refractivity contribution in [3.05, 3.63) is 59.7 Å². The lowest BCUT2D eigenvalue weighted by molar-refractivity contribution is -0.112. The van der Waals surface area contributed by atoms with Crippen LogP contribution in [0.4, 0.5) is 5.69 Å². The van der Waals surface area contributed by atoms with E-state index in [1.807, 2.05) is 49.4 Å². The number of nitriles is 1. The summed E-state index contributed by atoms with van der Waals surface area (Å²) in [5.74, 6) is 1.08. The van der Waals surface area contributed by atoms with Gasteiger partial charge in [0.25, 0.3) is 5.91 Å². The van der Waals surface area contributed by atoms with Gasteiger partial charge in [0.1, 0.15) is 23.1 Å². The van der Waals surface area contributed by atoms with Crippen LogP contribution in [0, 0.1) is 11.3 Å². The van der Waals surface area contributed by atoms with Gasteiger partial charge in [-0.15, -0.1) is 0 Å². The second kappa shape index (κ2) is 12.2. The van der Waals surface area contributed by atoms with Crippen molar-refractivity contribution in [1.82, 2.24) is 0 Å². The van der Waals surface area contributed by atoms with Crippen molar-refractivity contribution in [2.45, 2.75) is 39.5 Å². The minimum absolute atomic E-state index is 0.0344. The number of hydrogen-bond donors (Lipinski definition) is 1. The lowest BCUT2D eigenvalue weighted by Gasteiger charge is -2.08. The molecular formula is C24H28N2O3. The molecule has 0 aliphatic carbocycles. The first-order valence-corrected chi connectivity index (χ1v) is 10.0. The van der Waals surface area contributed by atoms with Gasteiger partial charge in [-0.25, -0.2) is 0 Å². The number of unbranched alkanes of at least 4 members (excludes halogenated alkanes) is 2. The molecule has 0 fully saturated rings. The van der Waals surface area contributed by atoms with Crippen molar-refractivity contribution >= 4 is 17.7 Å². The van der Waals surface area contributed by atoms with E-state index in [1.54, 1.807) is 18.2 Å². The van der Waals surface area contributed by atoms with Crippen LogP contribution in [-0.4, -0.2) is 19.1 Å². The predicted octanol–water partition coefficient (Wildman–Crippen LogP) is 5.59. The second-order valence-electron chi connectivity index (χ2n) is 6.62. The Bertz CT molecular complexity index is 834. The fourth-order valence-electron chi connectivity index (χ4n) is 2.57. The van der Waals surface area contributed by atoms with Gasteiger partial charge in [0, 0.05) is 5.69 Å². The predicted molar refractivity (Wildman–Crippen MR) is 116 cm³/mol. The molecule has 1 amide bonds. The van der Waals surface area contributed by atoms with Gasteiger partial charge in [0.2, 0.25) is 0 Å². The highest BCUT2D eigenvalue weighted by atomic mass is 16.5. The van der Waals surface area contributed by atoms with Crippen molar-refractivity contribution in [3.63, 3.8) is 0 Å². The van der Waals surface area contributed by atoms with E-state index in [0.29, 0.717) is 18.9 Å². The third-order valence-corrected chi connectivity index (χ3v) is 4.16. The normalized spacial score (nSPS) is 10.9. The molecule has 0 aromatic heterocycles. The SMILES string of the molecule is CCCCCOc1ccc(NC(=O)/C(C#N)=C/c2ccc(OCCC)cc2)cc1. The average Bonchev–Trinajstić information content (AvgIpc) is 2.75. The van der Waals surface area contributed by atoms with Crippen LogP contribution < -0.4 is 14.8 Å². The molecule has 0 spiro atoms. The van der Waals surface area contributed by atoms with E-state index in [-0.39, 0.29) is 5.57 Å². The lowest BCUT2D eigenvalue weighted by Crippen LogP contribution is -2.13. The van der Waals surface area contributed by atoms with Gasteiger partial charge in [-0.05, 0) is 60.9 Å². The van der Waals surface area contributed by atoms with Crippen LogP contribution >= 0.6 is 0 Å². The van der Waals surface area contributed by atoms with Crippen molar-refractivity contribution in [3.8, 4) is 17.6 Å². The highest BCUT2D eigenvalue weighted by molar-refractivity contribution is 6.09. The lowest BCUT2D eigenvalue weighted by atomic mass is 10.1. The number of ether oxygens (including phenoxy) is 2. The maximum atomic E-state index is 12.4. The van der Waals surface area contributed by atoms with Crippen LogP contribution in [0.2, 0.25) is 0 Å². The number of nitrogens with one attached hydrogen (secondary N) is 1. The number of amides is 1. The summed E-state index contributed by atoms with van der Waals surface area (Å²) in [6.45, 7) is 5.54. The van der Waals surface area contributed by atoms with Gasteiger partial charge in [-0.3, -0.25) is 4.79 Å². The van der Waals surface area contributed by atoms with Crippen molar-refractivity contribution < 1.29 is 14.3 Å². The molecule has 0 saturated carbocycles. The van der Waals surface area contributed by atoms with Gasteiger partial charge in [0.05, 0.1) is 13.2 Å². The number of nitrogens with zero attached hydrogens (tertiary/aromatic N) is 1. The summed E-state index contributed by atoms with van der Waals surface area (Å²) in [7, 11) is 0. The zero-order valence-electron chi connectivity index (χ0n) is 17.1. The number of benzene rings is 2. The van der Waals surface area contributed by atoms with E-state index >= 15 is 0 Å². The minimum atomic E-state index is -0.449. The molecule has 0 aliphatic heterocycles. The summed E-state index contributed by atoms with van der Waals surface area (Å²) in [5, 5.41) is 12.1. The van der Waals surface area contributed by atoms with Gasteiger partial charge in [-0.1, -0.05) is 38.8 Å².